The molecule has 1 aliphatic carbocycles. The summed E-state index contributed by atoms with van der Waals surface area (Å²) >= 11 is 0. The maximum absolute atomic E-state index is 14.0. The standard InChI is InChI=1S/C15H20F2N2O2/c1-14(2,3)21-13(20)19-9-12-8-11(6-7-18-12)15(16,17)10-4-5-10/h6-8,10H,4-5,9H2,1-3H3,(H,19,20). The molecular formula is C15H20F2N2O2. The molecule has 6 heteroatoms. The van der Waals surface area contributed by atoms with Crippen molar-refractivity contribution in [3.8, 4) is 0 Å². The summed E-state index contributed by atoms with van der Waals surface area (Å²) < 4.78 is 33.1. The van der Waals surface area contributed by atoms with Gasteiger partial charge in [0.25, 0.3) is 5.92 Å². The predicted molar refractivity (Wildman–Crippen MR) is 73.9 cm³/mol. The van der Waals surface area contributed by atoms with Gasteiger partial charge >= 0.3 is 6.09 Å². The summed E-state index contributed by atoms with van der Waals surface area (Å²) in [5.74, 6) is -3.38. The van der Waals surface area contributed by atoms with E-state index in [1.165, 1.54) is 18.3 Å². The molecule has 1 N–H and O–H groups in total. The lowest BCUT2D eigenvalue weighted by atomic mass is 10.0. The highest BCUT2D eigenvalue weighted by molar-refractivity contribution is 5.67. The van der Waals surface area contributed by atoms with Gasteiger partial charge in [-0.25, -0.2) is 13.6 Å². The fourth-order valence-corrected chi connectivity index (χ4v) is 1.94. The molecule has 21 heavy (non-hydrogen) atoms. The number of nitrogens with one attached hydrogen (secondary N) is 1. The number of pyridine rings is 1. The molecule has 1 fully saturated rings. The van der Waals surface area contributed by atoms with Crippen LogP contribution < -0.4 is 5.32 Å². The number of amides is 1. The van der Waals surface area contributed by atoms with Gasteiger partial charge in [-0.3, -0.25) is 4.98 Å². The molecule has 1 aromatic heterocycles. The number of hydrogen-bond acceptors (Lipinski definition) is 3. The highest BCUT2D eigenvalue weighted by atomic mass is 19.3. The lowest BCUT2D eigenvalue weighted by molar-refractivity contribution is -0.0287. The second kappa shape index (κ2) is 5.58. The molecule has 1 aliphatic rings. The van der Waals surface area contributed by atoms with Crippen molar-refractivity contribution in [2.75, 3.05) is 0 Å². The molecule has 2 rings (SSSR count). The van der Waals surface area contributed by atoms with Crippen molar-refractivity contribution in [1.29, 1.82) is 0 Å². The number of aromatic nitrogens is 1. The van der Waals surface area contributed by atoms with Crippen LogP contribution in [0.2, 0.25) is 0 Å². The van der Waals surface area contributed by atoms with Gasteiger partial charge in [0, 0.05) is 17.7 Å². The second-order valence-electron chi connectivity index (χ2n) is 6.29. The van der Waals surface area contributed by atoms with Crippen LogP contribution in [0.25, 0.3) is 0 Å². The van der Waals surface area contributed by atoms with E-state index in [1.54, 1.807) is 20.8 Å². The number of hydrogen-bond donors (Lipinski definition) is 1. The minimum absolute atomic E-state index is 0.0408. The van der Waals surface area contributed by atoms with Crippen LogP contribution in [0.3, 0.4) is 0 Å². The average molecular weight is 298 g/mol. The van der Waals surface area contributed by atoms with Gasteiger partial charge in [-0.15, -0.1) is 0 Å². The summed E-state index contributed by atoms with van der Waals surface area (Å²) in [5.41, 5.74) is -0.252. The fraction of sp³-hybridized carbons (Fsp3) is 0.600. The van der Waals surface area contributed by atoms with Crippen molar-refractivity contribution in [3.05, 3.63) is 29.6 Å². The van der Waals surface area contributed by atoms with E-state index in [9.17, 15) is 13.6 Å². The molecule has 116 valence electrons. The van der Waals surface area contributed by atoms with Crippen molar-refractivity contribution in [3.63, 3.8) is 0 Å². The van der Waals surface area contributed by atoms with Crippen LogP contribution in [0.15, 0.2) is 18.3 Å². The molecule has 1 aromatic rings. The minimum Gasteiger partial charge on any atom is -0.444 e. The molecule has 1 heterocycles. The average Bonchev–Trinajstić information content (AvgIpc) is 3.19. The topological polar surface area (TPSA) is 51.2 Å². The van der Waals surface area contributed by atoms with Crippen LogP contribution in [-0.2, 0) is 17.2 Å². The smallest absolute Gasteiger partial charge is 0.407 e. The number of halogens is 2. The molecule has 0 spiro atoms. The third-order valence-corrected chi connectivity index (χ3v) is 3.10. The number of carbonyl (C=O) groups excluding carboxylic acids is 1. The van der Waals surface area contributed by atoms with Crippen molar-refractivity contribution in [1.82, 2.24) is 10.3 Å². The van der Waals surface area contributed by atoms with Crippen LogP contribution in [0.5, 0.6) is 0 Å². The monoisotopic (exact) mass is 298 g/mol. The van der Waals surface area contributed by atoms with Gasteiger partial charge in [-0.2, -0.15) is 0 Å². The normalized spacial score (nSPS) is 15.7. The Bertz CT molecular complexity index is 523. The van der Waals surface area contributed by atoms with Crippen molar-refractivity contribution in [2.45, 2.75) is 51.7 Å². The van der Waals surface area contributed by atoms with E-state index in [4.69, 9.17) is 4.74 Å². The lowest BCUT2D eigenvalue weighted by Gasteiger charge is -2.20. The first-order valence-corrected chi connectivity index (χ1v) is 6.98. The van der Waals surface area contributed by atoms with E-state index in [0.29, 0.717) is 18.5 Å². The van der Waals surface area contributed by atoms with Crippen LogP contribution in [0, 0.1) is 5.92 Å². The highest BCUT2D eigenvalue weighted by Crippen LogP contribution is 2.49. The number of ether oxygens (including phenoxy) is 1. The zero-order valence-corrected chi connectivity index (χ0v) is 12.5. The molecule has 0 aromatic carbocycles. The molecule has 0 aliphatic heterocycles. The van der Waals surface area contributed by atoms with Gasteiger partial charge in [0.15, 0.2) is 0 Å². The van der Waals surface area contributed by atoms with Gasteiger partial charge in [0.1, 0.15) is 5.60 Å². The van der Waals surface area contributed by atoms with E-state index in [-0.39, 0.29) is 12.1 Å². The van der Waals surface area contributed by atoms with E-state index < -0.39 is 23.5 Å². The first-order chi connectivity index (χ1) is 9.68. The third-order valence-electron chi connectivity index (χ3n) is 3.10. The predicted octanol–water partition coefficient (Wildman–Crippen LogP) is 3.61. The Balaban J connectivity index is 1.97. The summed E-state index contributed by atoms with van der Waals surface area (Å²) in [6.45, 7) is 5.31. The van der Waals surface area contributed by atoms with E-state index in [1.807, 2.05) is 0 Å². The van der Waals surface area contributed by atoms with Crippen LogP contribution in [0.4, 0.5) is 13.6 Å². The summed E-state index contributed by atoms with van der Waals surface area (Å²) in [4.78, 5) is 15.5. The minimum atomic E-state index is -2.82. The van der Waals surface area contributed by atoms with Gasteiger partial charge in [0.2, 0.25) is 0 Å². The maximum Gasteiger partial charge on any atom is 0.407 e. The Labute approximate surface area is 122 Å². The summed E-state index contributed by atoms with van der Waals surface area (Å²) in [6.07, 6.45) is 1.86. The summed E-state index contributed by atoms with van der Waals surface area (Å²) in [6, 6.07) is 2.67. The molecule has 0 bridgehead atoms. The quantitative estimate of drug-likeness (QED) is 0.924. The van der Waals surface area contributed by atoms with Gasteiger partial charge in [-0.05, 0) is 45.7 Å². The zero-order chi connectivity index (χ0) is 15.7. The number of alkyl carbamates (subject to hydrolysis) is 1. The fourth-order valence-electron chi connectivity index (χ4n) is 1.94. The molecule has 0 unspecified atom stereocenters. The molecule has 0 radical (unpaired) electrons. The molecule has 4 nitrogen and oxygen atoms in total. The first-order valence-electron chi connectivity index (χ1n) is 6.98. The van der Waals surface area contributed by atoms with Crippen molar-refractivity contribution >= 4 is 6.09 Å². The lowest BCUT2D eigenvalue weighted by Crippen LogP contribution is -2.32. The Morgan fingerprint density at radius 1 is 1.43 bits per heavy atom. The molecular weight excluding hydrogens is 278 g/mol. The highest BCUT2D eigenvalue weighted by Gasteiger charge is 2.47. The van der Waals surface area contributed by atoms with Crippen LogP contribution >= 0.6 is 0 Å². The van der Waals surface area contributed by atoms with E-state index in [2.05, 4.69) is 10.3 Å². The van der Waals surface area contributed by atoms with Crippen molar-refractivity contribution in [2.24, 2.45) is 5.92 Å². The Morgan fingerprint density at radius 2 is 2.10 bits per heavy atom. The Hall–Kier alpha value is -1.72. The number of alkyl halides is 2. The SMILES string of the molecule is CC(C)(C)OC(=O)NCc1cc(C(F)(F)C2CC2)ccn1. The molecule has 0 atom stereocenters. The van der Waals surface area contributed by atoms with Gasteiger partial charge < -0.3 is 10.1 Å². The molecule has 0 saturated heterocycles. The number of carbonyl (C=O) groups is 1. The van der Waals surface area contributed by atoms with Crippen LogP contribution in [-0.4, -0.2) is 16.7 Å². The van der Waals surface area contributed by atoms with E-state index in [0.717, 1.165) is 0 Å². The van der Waals surface area contributed by atoms with Gasteiger partial charge in [0.05, 0.1) is 12.2 Å². The maximum atomic E-state index is 14.0. The largest absolute Gasteiger partial charge is 0.444 e. The van der Waals surface area contributed by atoms with E-state index >= 15 is 0 Å². The second-order valence-corrected chi connectivity index (χ2v) is 6.29. The van der Waals surface area contributed by atoms with Gasteiger partial charge in [-0.1, -0.05) is 0 Å². The summed E-state index contributed by atoms with van der Waals surface area (Å²) in [5, 5.41) is 2.51. The summed E-state index contributed by atoms with van der Waals surface area (Å²) in [7, 11) is 0. The molecule has 1 saturated carbocycles. The third kappa shape index (κ3) is 4.37. The first kappa shape index (κ1) is 15.7. The number of nitrogens with zero attached hydrogens (tertiary/aromatic N) is 1. The zero-order valence-electron chi connectivity index (χ0n) is 12.5. The molecule has 1 amide bonds. The Kier molecular flexibility index (Phi) is 4.16. The Morgan fingerprint density at radius 3 is 2.67 bits per heavy atom. The number of rotatable bonds is 4. The van der Waals surface area contributed by atoms with Crippen LogP contribution in [0.1, 0.15) is 44.9 Å². The van der Waals surface area contributed by atoms with Crippen molar-refractivity contribution < 1.29 is 18.3 Å².